The van der Waals surface area contributed by atoms with Crippen LogP contribution < -0.4 is 10.5 Å². The fraction of sp³-hybridized carbons (Fsp3) is 0.400. The van der Waals surface area contributed by atoms with Crippen molar-refractivity contribution in [2.24, 2.45) is 0 Å². The van der Waals surface area contributed by atoms with Gasteiger partial charge < -0.3 is 5.73 Å². The zero-order chi connectivity index (χ0) is 11.1. The molecule has 1 fully saturated rings. The second-order valence-corrected chi connectivity index (χ2v) is 5.85. The van der Waals surface area contributed by atoms with E-state index in [0.29, 0.717) is 0 Å². The molecule has 0 atom stereocenters. The van der Waals surface area contributed by atoms with Crippen LogP contribution in [0.3, 0.4) is 0 Å². The van der Waals surface area contributed by atoms with E-state index >= 15 is 0 Å². The van der Waals surface area contributed by atoms with E-state index in [2.05, 4.69) is 4.72 Å². The molecule has 4 nitrogen and oxygen atoms in total. The molecular formula is C10H14N2O2S. The van der Waals surface area contributed by atoms with Gasteiger partial charge in [0.1, 0.15) is 4.90 Å². The van der Waals surface area contributed by atoms with E-state index in [1.807, 2.05) is 6.92 Å². The molecule has 0 aliphatic heterocycles. The van der Waals surface area contributed by atoms with Gasteiger partial charge in [0.05, 0.1) is 5.69 Å². The number of sulfonamides is 1. The molecule has 1 aliphatic carbocycles. The predicted octanol–water partition coefficient (Wildman–Crippen LogP) is 1.10. The van der Waals surface area contributed by atoms with E-state index in [4.69, 9.17) is 5.73 Å². The molecular weight excluding hydrogens is 212 g/mol. The summed E-state index contributed by atoms with van der Waals surface area (Å²) >= 11 is 0. The molecule has 0 aromatic heterocycles. The topological polar surface area (TPSA) is 72.2 Å². The molecule has 0 heterocycles. The molecule has 0 saturated heterocycles. The highest BCUT2D eigenvalue weighted by molar-refractivity contribution is 7.89. The van der Waals surface area contributed by atoms with Crippen molar-refractivity contribution in [1.82, 2.24) is 4.72 Å². The lowest BCUT2D eigenvalue weighted by Gasteiger charge is -2.13. The first kappa shape index (κ1) is 10.4. The van der Waals surface area contributed by atoms with Crippen molar-refractivity contribution in [2.45, 2.75) is 30.2 Å². The predicted molar refractivity (Wildman–Crippen MR) is 58.8 cm³/mol. The lowest BCUT2D eigenvalue weighted by molar-refractivity contribution is 0.558. The molecule has 82 valence electrons. The highest BCUT2D eigenvalue weighted by Gasteiger charge is 2.41. The molecule has 0 radical (unpaired) electrons. The maximum absolute atomic E-state index is 11.9. The fourth-order valence-electron chi connectivity index (χ4n) is 1.39. The van der Waals surface area contributed by atoms with E-state index < -0.39 is 10.0 Å². The maximum Gasteiger partial charge on any atom is 0.243 e. The average Bonchev–Trinajstić information content (AvgIpc) is 2.82. The maximum atomic E-state index is 11.9. The summed E-state index contributed by atoms with van der Waals surface area (Å²) in [5, 5.41) is 0. The molecule has 1 aliphatic rings. The Morgan fingerprint density at radius 3 is 2.47 bits per heavy atom. The van der Waals surface area contributed by atoms with Crippen molar-refractivity contribution in [3.63, 3.8) is 0 Å². The number of nitrogens with two attached hydrogens (primary N) is 1. The first-order chi connectivity index (χ1) is 6.93. The third-order valence-corrected chi connectivity index (χ3v) is 4.30. The van der Waals surface area contributed by atoms with Gasteiger partial charge >= 0.3 is 0 Å². The Hall–Kier alpha value is -1.07. The summed E-state index contributed by atoms with van der Waals surface area (Å²) in [6, 6.07) is 6.49. The van der Waals surface area contributed by atoms with Gasteiger partial charge in [-0.15, -0.1) is 0 Å². The summed E-state index contributed by atoms with van der Waals surface area (Å²) in [5.41, 5.74) is 5.65. The lowest BCUT2D eigenvalue weighted by atomic mass is 10.3. The highest BCUT2D eigenvalue weighted by atomic mass is 32.2. The van der Waals surface area contributed by atoms with Crippen LogP contribution in [0, 0.1) is 0 Å². The highest BCUT2D eigenvalue weighted by Crippen LogP contribution is 2.36. The lowest BCUT2D eigenvalue weighted by Crippen LogP contribution is -2.34. The van der Waals surface area contributed by atoms with Gasteiger partial charge in [0, 0.05) is 5.54 Å². The number of para-hydroxylation sites is 1. The van der Waals surface area contributed by atoms with Crippen molar-refractivity contribution in [3.05, 3.63) is 24.3 Å². The Balaban J connectivity index is 2.33. The summed E-state index contributed by atoms with van der Waals surface area (Å²) < 4.78 is 26.5. The largest absolute Gasteiger partial charge is 0.398 e. The SMILES string of the molecule is CC1(NS(=O)(=O)c2ccccc2N)CC1. The molecule has 1 aromatic rings. The molecule has 0 unspecified atom stereocenters. The van der Waals surface area contributed by atoms with Gasteiger partial charge in [-0.1, -0.05) is 12.1 Å². The number of benzene rings is 1. The summed E-state index contributed by atoms with van der Waals surface area (Å²) in [7, 11) is -3.46. The van der Waals surface area contributed by atoms with Crippen molar-refractivity contribution in [2.75, 3.05) is 5.73 Å². The third kappa shape index (κ3) is 2.13. The van der Waals surface area contributed by atoms with Gasteiger partial charge in [0.15, 0.2) is 0 Å². The van der Waals surface area contributed by atoms with Gasteiger partial charge in [-0.2, -0.15) is 0 Å². The number of nitrogens with one attached hydrogen (secondary N) is 1. The number of nitrogen functional groups attached to an aromatic ring is 1. The monoisotopic (exact) mass is 226 g/mol. The molecule has 1 saturated carbocycles. The van der Waals surface area contributed by atoms with Crippen LogP contribution in [-0.2, 0) is 10.0 Å². The standard InChI is InChI=1S/C10H14N2O2S/c1-10(6-7-10)12-15(13,14)9-5-3-2-4-8(9)11/h2-5,12H,6-7,11H2,1H3. The van der Waals surface area contributed by atoms with Gasteiger partial charge in [0.2, 0.25) is 10.0 Å². The third-order valence-electron chi connectivity index (χ3n) is 2.59. The van der Waals surface area contributed by atoms with Crippen LogP contribution in [0.25, 0.3) is 0 Å². The first-order valence-corrected chi connectivity index (χ1v) is 6.30. The zero-order valence-electron chi connectivity index (χ0n) is 8.53. The Labute approximate surface area is 89.5 Å². The van der Waals surface area contributed by atoms with Gasteiger partial charge in [0.25, 0.3) is 0 Å². The Bertz CT molecular complexity index is 478. The Morgan fingerprint density at radius 1 is 1.33 bits per heavy atom. The molecule has 3 N–H and O–H groups in total. The fourth-order valence-corrected chi connectivity index (χ4v) is 2.99. The zero-order valence-corrected chi connectivity index (χ0v) is 9.34. The molecule has 2 rings (SSSR count). The molecule has 0 amide bonds. The second kappa shape index (κ2) is 3.21. The number of hydrogen-bond donors (Lipinski definition) is 2. The van der Waals surface area contributed by atoms with Crippen LogP contribution >= 0.6 is 0 Å². The van der Waals surface area contributed by atoms with Gasteiger partial charge in [-0.3, -0.25) is 0 Å². The van der Waals surface area contributed by atoms with Gasteiger partial charge in [-0.05, 0) is 31.9 Å². The summed E-state index contributed by atoms with van der Waals surface area (Å²) in [4.78, 5) is 0.165. The molecule has 0 bridgehead atoms. The smallest absolute Gasteiger partial charge is 0.243 e. The quantitative estimate of drug-likeness (QED) is 0.758. The minimum Gasteiger partial charge on any atom is -0.398 e. The van der Waals surface area contributed by atoms with Crippen molar-refractivity contribution in [3.8, 4) is 0 Å². The molecule has 5 heteroatoms. The number of hydrogen-bond acceptors (Lipinski definition) is 3. The minimum absolute atomic E-state index is 0.165. The molecule has 0 spiro atoms. The normalized spacial score (nSPS) is 18.7. The Morgan fingerprint density at radius 2 is 1.93 bits per heavy atom. The number of rotatable bonds is 3. The first-order valence-electron chi connectivity index (χ1n) is 4.81. The van der Waals surface area contributed by atoms with Crippen LogP contribution in [0.2, 0.25) is 0 Å². The van der Waals surface area contributed by atoms with Crippen LogP contribution in [0.1, 0.15) is 19.8 Å². The van der Waals surface area contributed by atoms with Gasteiger partial charge in [-0.25, -0.2) is 13.1 Å². The van der Waals surface area contributed by atoms with Crippen LogP contribution in [0.5, 0.6) is 0 Å². The van der Waals surface area contributed by atoms with Crippen LogP contribution in [-0.4, -0.2) is 14.0 Å². The Kier molecular flexibility index (Phi) is 2.24. The van der Waals surface area contributed by atoms with E-state index in [-0.39, 0.29) is 16.1 Å². The average molecular weight is 226 g/mol. The van der Waals surface area contributed by atoms with E-state index in [9.17, 15) is 8.42 Å². The van der Waals surface area contributed by atoms with Crippen molar-refractivity contribution < 1.29 is 8.42 Å². The van der Waals surface area contributed by atoms with E-state index in [1.54, 1.807) is 18.2 Å². The van der Waals surface area contributed by atoms with Crippen LogP contribution in [0.15, 0.2) is 29.2 Å². The van der Waals surface area contributed by atoms with Crippen molar-refractivity contribution >= 4 is 15.7 Å². The minimum atomic E-state index is -3.46. The van der Waals surface area contributed by atoms with E-state index in [1.165, 1.54) is 6.07 Å². The summed E-state index contributed by atoms with van der Waals surface area (Å²) in [6.45, 7) is 1.89. The van der Waals surface area contributed by atoms with Crippen molar-refractivity contribution in [1.29, 1.82) is 0 Å². The molecule has 15 heavy (non-hydrogen) atoms. The molecule has 1 aromatic carbocycles. The van der Waals surface area contributed by atoms with Crippen LogP contribution in [0.4, 0.5) is 5.69 Å². The number of anilines is 1. The van der Waals surface area contributed by atoms with E-state index in [0.717, 1.165) is 12.8 Å². The second-order valence-electron chi connectivity index (χ2n) is 4.20. The summed E-state index contributed by atoms with van der Waals surface area (Å²) in [5.74, 6) is 0. The summed E-state index contributed by atoms with van der Waals surface area (Å²) in [6.07, 6.45) is 1.78.